The molecule has 104 valence electrons. The van der Waals surface area contributed by atoms with Crippen LogP contribution in [-0.2, 0) is 16.8 Å². The minimum atomic E-state index is -4.52. The zero-order chi connectivity index (χ0) is 14.0. The Labute approximate surface area is 111 Å². The Morgan fingerprint density at radius 2 is 2.11 bits per heavy atom. The first-order chi connectivity index (χ1) is 8.87. The molecule has 0 saturated heterocycles. The number of nitrogens with zero attached hydrogens (tertiary/aromatic N) is 1. The molecule has 0 aliphatic rings. The molecule has 19 heavy (non-hydrogen) atoms. The lowest BCUT2D eigenvalue weighted by Crippen LogP contribution is -2.15. The van der Waals surface area contributed by atoms with Gasteiger partial charge in [0.2, 0.25) is 0 Å². The second-order valence-corrected chi connectivity index (χ2v) is 5.58. The fourth-order valence-corrected chi connectivity index (χ4v) is 2.31. The van der Waals surface area contributed by atoms with Crippen molar-refractivity contribution < 1.29 is 17.2 Å². The van der Waals surface area contributed by atoms with Gasteiger partial charge in [0, 0.05) is 23.6 Å². The summed E-state index contributed by atoms with van der Waals surface area (Å²) in [5.41, 5.74) is 1.72. The highest BCUT2D eigenvalue weighted by molar-refractivity contribution is 7.81. The van der Waals surface area contributed by atoms with E-state index in [0.29, 0.717) is 5.39 Å². The number of H-pyrrole nitrogens is 1. The summed E-state index contributed by atoms with van der Waals surface area (Å²) in [4.78, 5) is 5.10. The third kappa shape index (κ3) is 3.46. The van der Waals surface area contributed by atoms with Crippen LogP contribution in [0.2, 0.25) is 0 Å². The molecule has 2 aromatic rings. The molecule has 0 spiro atoms. The van der Waals surface area contributed by atoms with Gasteiger partial charge in [0.1, 0.15) is 0 Å². The van der Waals surface area contributed by atoms with Gasteiger partial charge in [0.25, 0.3) is 0 Å². The van der Waals surface area contributed by atoms with Gasteiger partial charge >= 0.3 is 10.4 Å². The predicted molar refractivity (Wildman–Crippen MR) is 72.7 cm³/mol. The standard InChI is InChI=1S/C12H16N2O4S/c1-14(2)7-6-9-8-13-10-4-3-5-11(12(9)10)18-19(15,16)17/h3-5,8,13H,6-7H2,1-2H3,(H,15,16,17). The van der Waals surface area contributed by atoms with Crippen LogP contribution in [0.4, 0.5) is 0 Å². The van der Waals surface area contributed by atoms with Crippen molar-refractivity contribution in [2.24, 2.45) is 0 Å². The molecule has 7 heteroatoms. The molecule has 0 aliphatic carbocycles. The van der Waals surface area contributed by atoms with Crippen LogP contribution in [0.1, 0.15) is 5.56 Å². The summed E-state index contributed by atoms with van der Waals surface area (Å²) in [6.45, 7) is 0.827. The summed E-state index contributed by atoms with van der Waals surface area (Å²) < 4.78 is 35.1. The maximum Gasteiger partial charge on any atom is 0.446 e. The van der Waals surface area contributed by atoms with E-state index in [1.165, 1.54) is 6.07 Å². The van der Waals surface area contributed by atoms with E-state index in [-0.39, 0.29) is 5.75 Å². The number of benzene rings is 1. The summed E-state index contributed by atoms with van der Waals surface area (Å²) in [7, 11) is -0.593. The molecule has 0 saturated carbocycles. The zero-order valence-electron chi connectivity index (χ0n) is 10.8. The number of hydrogen-bond donors (Lipinski definition) is 2. The molecule has 2 N–H and O–H groups in total. The van der Waals surface area contributed by atoms with Gasteiger partial charge in [0.05, 0.1) is 0 Å². The molecule has 1 aromatic carbocycles. The van der Waals surface area contributed by atoms with E-state index in [9.17, 15) is 8.42 Å². The Bertz CT molecular complexity index is 676. The van der Waals surface area contributed by atoms with Gasteiger partial charge in [-0.25, -0.2) is 0 Å². The average Bonchev–Trinajstić information content (AvgIpc) is 2.68. The number of fused-ring (bicyclic) bond motifs is 1. The molecular weight excluding hydrogens is 268 g/mol. The lowest BCUT2D eigenvalue weighted by atomic mass is 10.1. The van der Waals surface area contributed by atoms with E-state index in [4.69, 9.17) is 4.55 Å². The van der Waals surface area contributed by atoms with Crippen LogP contribution < -0.4 is 4.18 Å². The van der Waals surface area contributed by atoms with E-state index in [2.05, 4.69) is 9.17 Å². The van der Waals surface area contributed by atoms with E-state index >= 15 is 0 Å². The summed E-state index contributed by atoms with van der Waals surface area (Å²) >= 11 is 0. The normalized spacial score (nSPS) is 12.2. The predicted octanol–water partition coefficient (Wildman–Crippen LogP) is 1.45. The van der Waals surface area contributed by atoms with Gasteiger partial charge in [-0.1, -0.05) is 6.07 Å². The highest BCUT2D eigenvalue weighted by Gasteiger charge is 2.14. The first-order valence-corrected chi connectivity index (χ1v) is 7.14. The average molecular weight is 284 g/mol. The highest BCUT2D eigenvalue weighted by atomic mass is 32.3. The molecule has 0 unspecified atom stereocenters. The van der Waals surface area contributed by atoms with Crippen molar-refractivity contribution in [2.75, 3.05) is 20.6 Å². The maximum atomic E-state index is 10.9. The molecule has 0 fully saturated rings. The van der Waals surface area contributed by atoms with Gasteiger partial charge < -0.3 is 14.1 Å². The Balaban J connectivity index is 2.43. The van der Waals surface area contributed by atoms with Crippen molar-refractivity contribution in [1.82, 2.24) is 9.88 Å². The van der Waals surface area contributed by atoms with E-state index in [1.54, 1.807) is 6.07 Å². The Morgan fingerprint density at radius 1 is 1.37 bits per heavy atom. The molecule has 2 rings (SSSR count). The van der Waals surface area contributed by atoms with Crippen LogP contribution >= 0.6 is 0 Å². The third-order valence-corrected chi connectivity index (χ3v) is 3.16. The number of aromatic nitrogens is 1. The summed E-state index contributed by atoms with van der Waals surface area (Å²) in [5, 5.41) is 0.682. The van der Waals surface area contributed by atoms with Crippen molar-refractivity contribution in [1.29, 1.82) is 0 Å². The molecule has 0 amide bonds. The number of rotatable bonds is 5. The van der Waals surface area contributed by atoms with Crippen LogP contribution in [0.3, 0.4) is 0 Å². The molecule has 0 radical (unpaired) electrons. The Kier molecular flexibility index (Phi) is 3.79. The molecule has 0 bridgehead atoms. The van der Waals surface area contributed by atoms with Crippen molar-refractivity contribution in [3.8, 4) is 5.75 Å². The molecule has 0 atom stereocenters. The zero-order valence-corrected chi connectivity index (χ0v) is 11.6. The maximum absolute atomic E-state index is 10.9. The lowest BCUT2D eigenvalue weighted by molar-refractivity contribution is 0.388. The van der Waals surface area contributed by atoms with Crippen LogP contribution in [0.15, 0.2) is 24.4 Å². The third-order valence-electron chi connectivity index (χ3n) is 2.77. The number of nitrogens with one attached hydrogen (secondary N) is 1. The quantitative estimate of drug-likeness (QED) is 0.812. The van der Waals surface area contributed by atoms with E-state index < -0.39 is 10.4 Å². The Morgan fingerprint density at radius 3 is 2.74 bits per heavy atom. The highest BCUT2D eigenvalue weighted by Crippen LogP contribution is 2.29. The topological polar surface area (TPSA) is 82.6 Å². The van der Waals surface area contributed by atoms with Crippen LogP contribution in [0.25, 0.3) is 10.9 Å². The van der Waals surface area contributed by atoms with Gasteiger partial charge in [-0.15, -0.1) is 0 Å². The SMILES string of the molecule is CN(C)CCc1c[nH]c2cccc(OS(=O)(=O)O)c12. The second-order valence-electron chi connectivity index (χ2n) is 4.56. The monoisotopic (exact) mass is 284 g/mol. The van der Waals surface area contributed by atoms with Crippen molar-refractivity contribution >= 4 is 21.3 Å². The first-order valence-electron chi connectivity index (χ1n) is 5.77. The fraction of sp³-hybridized carbons (Fsp3) is 0.333. The van der Waals surface area contributed by atoms with Crippen molar-refractivity contribution in [2.45, 2.75) is 6.42 Å². The lowest BCUT2D eigenvalue weighted by Gasteiger charge is -2.09. The fourth-order valence-electron chi connectivity index (χ4n) is 1.94. The van der Waals surface area contributed by atoms with E-state index in [0.717, 1.165) is 24.0 Å². The second kappa shape index (κ2) is 5.20. The van der Waals surface area contributed by atoms with Crippen molar-refractivity contribution in [3.63, 3.8) is 0 Å². The largest absolute Gasteiger partial charge is 0.446 e. The van der Waals surface area contributed by atoms with E-state index in [1.807, 2.05) is 31.3 Å². The smallest absolute Gasteiger partial charge is 0.361 e. The summed E-state index contributed by atoms with van der Waals surface area (Å²) in [6, 6.07) is 5.00. The first kappa shape index (κ1) is 13.9. The number of aromatic amines is 1. The Hall–Kier alpha value is -1.57. The van der Waals surface area contributed by atoms with Gasteiger partial charge in [0.15, 0.2) is 5.75 Å². The van der Waals surface area contributed by atoms with Crippen LogP contribution in [-0.4, -0.2) is 43.5 Å². The molecule has 1 aromatic heterocycles. The molecule has 6 nitrogen and oxygen atoms in total. The number of hydrogen-bond acceptors (Lipinski definition) is 4. The summed E-state index contributed by atoms with van der Waals surface area (Å²) in [5.74, 6) is 0.134. The molecular formula is C12H16N2O4S. The van der Waals surface area contributed by atoms with Crippen LogP contribution in [0, 0.1) is 0 Å². The van der Waals surface area contributed by atoms with Crippen LogP contribution in [0.5, 0.6) is 5.75 Å². The van der Waals surface area contributed by atoms with Gasteiger partial charge in [-0.2, -0.15) is 8.42 Å². The number of likely N-dealkylation sites (N-methyl/N-ethyl adjacent to an activating group) is 1. The minimum absolute atomic E-state index is 0.134. The van der Waals surface area contributed by atoms with Gasteiger partial charge in [-0.05, 0) is 38.2 Å². The molecule has 1 heterocycles. The summed E-state index contributed by atoms with van der Waals surface area (Å²) in [6.07, 6.45) is 2.57. The minimum Gasteiger partial charge on any atom is -0.361 e. The molecule has 0 aliphatic heterocycles. The van der Waals surface area contributed by atoms with Crippen molar-refractivity contribution in [3.05, 3.63) is 30.0 Å². The van der Waals surface area contributed by atoms with Gasteiger partial charge in [-0.3, -0.25) is 4.55 Å².